The highest BCUT2D eigenvalue weighted by Crippen LogP contribution is 2.18. The average molecular weight is 202 g/mol. The molecule has 0 bridgehead atoms. The maximum absolute atomic E-state index is 4.51. The smallest absolute Gasteiger partial charge is 0.122 e. The zero-order valence-corrected chi connectivity index (χ0v) is 8.52. The number of nitrogens with one attached hydrogen (secondary N) is 1. The van der Waals surface area contributed by atoms with Crippen LogP contribution in [0.3, 0.4) is 0 Å². The molecule has 78 valence electrons. The van der Waals surface area contributed by atoms with Crippen LogP contribution in [0.1, 0.15) is 12.0 Å². The number of oxime groups is 1. The molecule has 1 aromatic carbocycles. The Morgan fingerprint density at radius 3 is 2.87 bits per heavy atom. The van der Waals surface area contributed by atoms with Crippen LogP contribution in [0.4, 0.5) is 5.69 Å². The van der Waals surface area contributed by atoms with Crippen LogP contribution >= 0.6 is 0 Å². The van der Waals surface area contributed by atoms with Gasteiger partial charge in [-0.15, -0.1) is 0 Å². The Hall–Kier alpha value is -1.77. The monoisotopic (exact) mass is 202 g/mol. The second-order valence-electron chi connectivity index (χ2n) is 3.28. The van der Waals surface area contributed by atoms with Crippen molar-refractivity contribution in [1.29, 1.82) is 0 Å². The third-order valence-corrected chi connectivity index (χ3v) is 2.16. The predicted octanol–water partition coefficient (Wildman–Crippen LogP) is 2.52. The maximum Gasteiger partial charge on any atom is 0.122 e. The van der Waals surface area contributed by atoms with E-state index in [2.05, 4.69) is 45.7 Å². The van der Waals surface area contributed by atoms with Crippen molar-refractivity contribution in [2.75, 3.05) is 18.5 Å². The van der Waals surface area contributed by atoms with E-state index in [1.807, 2.05) is 6.07 Å². The summed E-state index contributed by atoms with van der Waals surface area (Å²) in [5.41, 5.74) is 2.53. The lowest BCUT2D eigenvalue weighted by Gasteiger charge is -2.11. The van der Waals surface area contributed by atoms with Crippen molar-refractivity contribution in [3.8, 4) is 0 Å². The van der Waals surface area contributed by atoms with Gasteiger partial charge in [0, 0.05) is 24.9 Å². The van der Waals surface area contributed by atoms with Gasteiger partial charge in [-0.2, -0.15) is 0 Å². The highest BCUT2D eigenvalue weighted by molar-refractivity contribution is 5.69. The minimum absolute atomic E-state index is 0.778. The molecule has 0 aliphatic carbocycles. The third-order valence-electron chi connectivity index (χ3n) is 2.16. The Morgan fingerprint density at radius 2 is 2.20 bits per heavy atom. The van der Waals surface area contributed by atoms with Gasteiger partial charge in [-0.1, -0.05) is 35.5 Å². The number of nitrogens with zero attached hydrogens (tertiary/aromatic N) is 1. The molecule has 0 fully saturated rings. The Balaban J connectivity index is 0.000000144. The molecule has 2 heterocycles. The summed E-state index contributed by atoms with van der Waals surface area (Å²) in [6.45, 7) is 1.73. The van der Waals surface area contributed by atoms with E-state index in [1.165, 1.54) is 11.3 Å². The van der Waals surface area contributed by atoms with E-state index in [9.17, 15) is 0 Å². The first-order chi connectivity index (χ1) is 7.47. The topological polar surface area (TPSA) is 33.6 Å². The second-order valence-corrected chi connectivity index (χ2v) is 3.28. The molecule has 2 aliphatic rings. The fourth-order valence-electron chi connectivity index (χ4n) is 1.42. The minimum Gasteiger partial charge on any atom is -0.396 e. The summed E-state index contributed by atoms with van der Waals surface area (Å²) in [7, 11) is 0. The molecule has 3 nitrogen and oxygen atoms in total. The Labute approximate surface area is 89.4 Å². The second kappa shape index (κ2) is 5.20. The highest BCUT2D eigenvalue weighted by Gasteiger charge is 1.98. The Bertz CT molecular complexity index is 366. The van der Waals surface area contributed by atoms with Crippen molar-refractivity contribution in [2.45, 2.75) is 6.42 Å². The predicted molar refractivity (Wildman–Crippen MR) is 63.0 cm³/mol. The molecule has 3 rings (SSSR count). The number of anilines is 1. The van der Waals surface area contributed by atoms with E-state index < -0.39 is 0 Å². The van der Waals surface area contributed by atoms with Crippen molar-refractivity contribution in [3.63, 3.8) is 0 Å². The van der Waals surface area contributed by atoms with Gasteiger partial charge in [0.15, 0.2) is 0 Å². The molecule has 0 atom stereocenters. The number of para-hydroxylation sites is 1. The largest absolute Gasteiger partial charge is 0.396 e. The zero-order chi connectivity index (χ0) is 10.3. The summed E-state index contributed by atoms with van der Waals surface area (Å²) >= 11 is 0. The van der Waals surface area contributed by atoms with Gasteiger partial charge in [0.05, 0.1) is 0 Å². The SMILES string of the molecule is C1=Cc2ccccc2NC1.C1=NOCC1. The van der Waals surface area contributed by atoms with E-state index >= 15 is 0 Å². The van der Waals surface area contributed by atoms with Gasteiger partial charge >= 0.3 is 0 Å². The van der Waals surface area contributed by atoms with Gasteiger partial charge in [0.25, 0.3) is 0 Å². The molecule has 0 unspecified atom stereocenters. The number of benzene rings is 1. The van der Waals surface area contributed by atoms with Gasteiger partial charge in [-0.25, -0.2) is 0 Å². The number of hydrogen-bond donors (Lipinski definition) is 1. The van der Waals surface area contributed by atoms with Gasteiger partial charge in [-0.05, 0) is 11.6 Å². The highest BCUT2D eigenvalue weighted by atomic mass is 16.6. The number of fused-ring (bicyclic) bond motifs is 1. The van der Waals surface area contributed by atoms with Crippen LogP contribution in [0.5, 0.6) is 0 Å². The molecule has 1 N–H and O–H groups in total. The van der Waals surface area contributed by atoms with E-state index in [0.29, 0.717) is 0 Å². The van der Waals surface area contributed by atoms with Crippen LogP contribution in [0.2, 0.25) is 0 Å². The average Bonchev–Trinajstić information content (AvgIpc) is 2.88. The van der Waals surface area contributed by atoms with Gasteiger partial charge in [-0.3, -0.25) is 0 Å². The van der Waals surface area contributed by atoms with Crippen molar-refractivity contribution >= 4 is 18.0 Å². The molecule has 0 saturated carbocycles. The van der Waals surface area contributed by atoms with E-state index in [1.54, 1.807) is 6.21 Å². The molecule has 15 heavy (non-hydrogen) atoms. The Morgan fingerprint density at radius 1 is 1.27 bits per heavy atom. The summed E-state index contributed by atoms with van der Waals surface area (Å²) in [5.74, 6) is 0. The molecule has 3 heteroatoms. The number of hydrogen-bond acceptors (Lipinski definition) is 3. The summed E-state index contributed by atoms with van der Waals surface area (Å²) < 4.78 is 0. The van der Waals surface area contributed by atoms with Gasteiger partial charge in [0.2, 0.25) is 0 Å². The lowest BCUT2D eigenvalue weighted by molar-refractivity contribution is 0.174. The molecule has 1 aromatic rings. The molecular weight excluding hydrogens is 188 g/mol. The summed E-state index contributed by atoms with van der Waals surface area (Å²) in [5, 5.41) is 6.73. The quantitative estimate of drug-likeness (QED) is 0.701. The maximum atomic E-state index is 4.51. The zero-order valence-electron chi connectivity index (χ0n) is 8.52. The van der Waals surface area contributed by atoms with Crippen LogP contribution in [0.25, 0.3) is 6.08 Å². The molecule has 0 aromatic heterocycles. The molecular formula is C12H14N2O. The lowest BCUT2D eigenvalue weighted by Crippen LogP contribution is -2.03. The summed E-state index contributed by atoms with van der Waals surface area (Å²) in [4.78, 5) is 4.51. The molecule has 0 saturated heterocycles. The van der Waals surface area contributed by atoms with Crippen molar-refractivity contribution < 1.29 is 4.84 Å². The van der Waals surface area contributed by atoms with E-state index in [0.717, 1.165) is 19.6 Å². The molecule has 0 spiro atoms. The Kier molecular flexibility index (Phi) is 3.38. The third kappa shape index (κ3) is 2.84. The molecule has 0 amide bonds. The van der Waals surface area contributed by atoms with Crippen LogP contribution in [0, 0.1) is 0 Å². The van der Waals surface area contributed by atoms with Crippen molar-refractivity contribution in [2.24, 2.45) is 5.16 Å². The first-order valence-electron chi connectivity index (χ1n) is 5.10. The fraction of sp³-hybridized carbons (Fsp3) is 0.250. The van der Waals surface area contributed by atoms with Gasteiger partial charge in [0.1, 0.15) is 6.61 Å². The van der Waals surface area contributed by atoms with E-state index in [4.69, 9.17) is 0 Å². The van der Waals surface area contributed by atoms with Crippen LogP contribution in [0.15, 0.2) is 35.5 Å². The van der Waals surface area contributed by atoms with E-state index in [-0.39, 0.29) is 0 Å². The summed E-state index contributed by atoms with van der Waals surface area (Å²) in [6.07, 6.45) is 7.02. The normalized spacial score (nSPS) is 15.7. The number of rotatable bonds is 0. The summed E-state index contributed by atoms with van der Waals surface area (Å²) in [6, 6.07) is 8.30. The fourth-order valence-corrected chi connectivity index (χ4v) is 1.42. The lowest BCUT2D eigenvalue weighted by atomic mass is 10.1. The first kappa shape index (κ1) is 9.77. The van der Waals surface area contributed by atoms with Crippen LogP contribution in [-0.4, -0.2) is 19.4 Å². The first-order valence-corrected chi connectivity index (χ1v) is 5.10. The van der Waals surface area contributed by atoms with Crippen molar-refractivity contribution in [1.82, 2.24) is 0 Å². The molecule has 0 radical (unpaired) electrons. The van der Waals surface area contributed by atoms with Crippen LogP contribution < -0.4 is 5.32 Å². The van der Waals surface area contributed by atoms with Gasteiger partial charge < -0.3 is 10.2 Å². The minimum atomic E-state index is 0.778. The standard InChI is InChI=1S/C9H9N.C3H5NO/c1-2-6-9-8(4-1)5-3-7-10-9;1-2-4-5-3-1/h1-6,10H,7H2;2H,1,3H2. The van der Waals surface area contributed by atoms with Crippen molar-refractivity contribution in [3.05, 3.63) is 35.9 Å². The molecule has 2 aliphatic heterocycles. The van der Waals surface area contributed by atoms with Crippen LogP contribution in [-0.2, 0) is 4.84 Å².